The zero-order valence-corrected chi connectivity index (χ0v) is 13.7. The first-order valence-corrected chi connectivity index (χ1v) is 9.00. The normalized spacial score (nSPS) is 11.9. The van der Waals surface area contributed by atoms with E-state index < -0.39 is 10.0 Å². The van der Waals surface area contributed by atoms with Crippen LogP contribution in [-0.4, -0.2) is 36.3 Å². The second-order valence-corrected chi connectivity index (χ2v) is 7.30. The van der Waals surface area contributed by atoms with Crippen LogP contribution in [0.15, 0.2) is 22.7 Å². The fraction of sp³-hybridized carbons (Fsp3) is 0.500. The zero-order valence-electron chi connectivity index (χ0n) is 12.0. The van der Waals surface area contributed by atoms with Gasteiger partial charge in [0.2, 0.25) is 10.0 Å². The number of thiophene rings is 1. The molecule has 0 aliphatic carbocycles. The number of sulfonamides is 1. The Kier molecular flexibility index (Phi) is 5.45. The molecule has 2 rings (SSSR count). The van der Waals surface area contributed by atoms with Crippen LogP contribution < -0.4 is 10.0 Å². The Morgan fingerprint density at radius 1 is 1.43 bits per heavy atom. The van der Waals surface area contributed by atoms with E-state index in [1.54, 1.807) is 22.3 Å². The van der Waals surface area contributed by atoms with Gasteiger partial charge in [-0.05, 0) is 12.6 Å². The smallest absolute Gasteiger partial charge is 0.241 e. The molecule has 0 unspecified atom stereocenters. The first-order chi connectivity index (χ1) is 10.0. The van der Waals surface area contributed by atoms with Crippen LogP contribution in [0.2, 0.25) is 0 Å². The quantitative estimate of drug-likeness (QED) is 0.736. The Balaban J connectivity index is 1.92. The maximum atomic E-state index is 12.2. The summed E-state index contributed by atoms with van der Waals surface area (Å²) in [5.74, 6) is 0.746. The highest BCUT2D eigenvalue weighted by Gasteiger charge is 2.16. The van der Waals surface area contributed by atoms with E-state index in [9.17, 15) is 8.42 Å². The van der Waals surface area contributed by atoms with Crippen molar-refractivity contribution in [3.63, 3.8) is 0 Å². The average molecular weight is 329 g/mol. The lowest BCUT2D eigenvalue weighted by Crippen LogP contribution is -2.26. The molecular weight excluding hydrogens is 310 g/mol. The predicted octanol–water partition coefficient (Wildman–Crippen LogP) is 0.507. The second-order valence-electron chi connectivity index (χ2n) is 4.53. The van der Waals surface area contributed by atoms with Gasteiger partial charge in [0.05, 0.1) is 4.90 Å². The summed E-state index contributed by atoms with van der Waals surface area (Å²) in [4.78, 5) is 1.32. The van der Waals surface area contributed by atoms with Crippen LogP contribution >= 0.6 is 11.3 Å². The van der Waals surface area contributed by atoms with Crippen LogP contribution in [0.3, 0.4) is 0 Å². The third-order valence-electron chi connectivity index (χ3n) is 2.94. The molecule has 0 aliphatic heterocycles. The molecule has 0 bridgehead atoms. The summed E-state index contributed by atoms with van der Waals surface area (Å²) in [7, 11) is -1.63. The zero-order chi connectivity index (χ0) is 15.3. The fourth-order valence-electron chi connectivity index (χ4n) is 1.76. The minimum Gasteiger partial charge on any atom is -0.321 e. The highest BCUT2D eigenvalue weighted by molar-refractivity contribution is 7.89. The SMILES string of the molecule is CCNCc1cc(S(=O)(=O)NCCc2nncn2C)cs1. The molecule has 0 amide bonds. The van der Waals surface area contributed by atoms with Gasteiger partial charge in [-0.3, -0.25) is 0 Å². The van der Waals surface area contributed by atoms with Gasteiger partial charge in [0, 0.05) is 36.8 Å². The van der Waals surface area contributed by atoms with Crippen LogP contribution in [-0.2, 0) is 30.0 Å². The van der Waals surface area contributed by atoms with Crippen molar-refractivity contribution in [2.75, 3.05) is 13.1 Å². The molecule has 7 nitrogen and oxygen atoms in total. The standard InChI is InChI=1S/C12H19N5O2S2/c1-3-13-7-10-6-11(8-20-10)21(18,19)15-5-4-12-16-14-9-17(12)2/h6,8-9,13,15H,3-5,7H2,1-2H3. The minimum atomic E-state index is -3.46. The van der Waals surface area contributed by atoms with Crippen LogP contribution in [0.1, 0.15) is 17.6 Å². The van der Waals surface area contributed by atoms with Gasteiger partial charge in [0.25, 0.3) is 0 Å². The number of aromatic nitrogens is 3. The van der Waals surface area contributed by atoms with Crippen molar-refractivity contribution in [1.82, 2.24) is 24.8 Å². The summed E-state index contributed by atoms with van der Waals surface area (Å²) in [5.41, 5.74) is 0. The van der Waals surface area contributed by atoms with E-state index in [2.05, 4.69) is 20.2 Å². The maximum Gasteiger partial charge on any atom is 0.241 e. The minimum absolute atomic E-state index is 0.299. The van der Waals surface area contributed by atoms with Crippen molar-refractivity contribution >= 4 is 21.4 Å². The third-order valence-corrected chi connectivity index (χ3v) is 5.46. The molecule has 0 saturated heterocycles. The topological polar surface area (TPSA) is 88.9 Å². The van der Waals surface area contributed by atoms with Crippen LogP contribution in [0.5, 0.6) is 0 Å². The summed E-state index contributed by atoms with van der Waals surface area (Å²) in [6.45, 7) is 3.86. The summed E-state index contributed by atoms with van der Waals surface area (Å²) in [6.07, 6.45) is 2.10. The number of rotatable bonds is 8. The molecule has 2 N–H and O–H groups in total. The highest BCUT2D eigenvalue weighted by atomic mass is 32.2. The summed E-state index contributed by atoms with van der Waals surface area (Å²) < 4.78 is 28.7. The van der Waals surface area contributed by atoms with Crippen molar-refractivity contribution < 1.29 is 8.42 Å². The number of hydrogen-bond acceptors (Lipinski definition) is 6. The molecule has 0 aliphatic rings. The van der Waals surface area contributed by atoms with E-state index in [-0.39, 0.29) is 0 Å². The molecule has 0 radical (unpaired) electrons. The van der Waals surface area contributed by atoms with E-state index in [0.29, 0.717) is 24.4 Å². The van der Waals surface area contributed by atoms with Crippen LogP contribution in [0, 0.1) is 0 Å². The number of aryl methyl sites for hydroxylation is 1. The predicted molar refractivity (Wildman–Crippen MR) is 81.6 cm³/mol. The molecule has 0 atom stereocenters. The van der Waals surface area contributed by atoms with E-state index in [1.165, 1.54) is 11.3 Å². The second kappa shape index (κ2) is 7.12. The van der Waals surface area contributed by atoms with Gasteiger partial charge in [-0.15, -0.1) is 21.5 Å². The van der Waals surface area contributed by atoms with E-state index in [4.69, 9.17) is 0 Å². The van der Waals surface area contributed by atoms with Gasteiger partial charge < -0.3 is 9.88 Å². The van der Waals surface area contributed by atoms with Gasteiger partial charge in [-0.1, -0.05) is 6.92 Å². The molecular formula is C12H19N5O2S2. The van der Waals surface area contributed by atoms with Crippen LogP contribution in [0.4, 0.5) is 0 Å². The molecule has 21 heavy (non-hydrogen) atoms. The Morgan fingerprint density at radius 3 is 2.90 bits per heavy atom. The van der Waals surface area contributed by atoms with Gasteiger partial charge >= 0.3 is 0 Å². The first kappa shape index (κ1) is 16.1. The van der Waals surface area contributed by atoms with Crippen molar-refractivity contribution in [2.24, 2.45) is 7.05 Å². The maximum absolute atomic E-state index is 12.2. The summed E-state index contributed by atoms with van der Waals surface area (Å²) in [6, 6.07) is 1.71. The lowest BCUT2D eigenvalue weighted by Gasteiger charge is -2.04. The van der Waals surface area contributed by atoms with Crippen LogP contribution in [0.25, 0.3) is 0 Å². The Hall–Kier alpha value is -1.29. The fourth-order valence-corrected chi connectivity index (χ4v) is 4.03. The molecule has 2 heterocycles. The Bertz CT molecular complexity index is 677. The number of nitrogens with zero attached hydrogens (tertiary/aromatic N) is 3. The molecule has 0 fully saturated rings. The first-order valence-electron chi connectivity index (χ1n) is 6.63. The van der Waals surface area contributed by atoms with Crippen molar-refractivity contribution in [2.45, 2.75) is 24.8 Å². The lowest BCUT2D eigenvalue weighted by molar-refractivity contribution is 0.580. The van der Waals surface area contributed by atoms with E-state index >= 15 is 0 Å². The third kappa shape index (κ3) is 4.34. The van der Waals surface area contributed by atoms with Gasteiger partial charge in [-0.25, -0.2) is 13.1 Å². The Labute approximate surface area is 128 Å². The van der Waals surface area contributed by atoms with Gasteiger partial charge in [-0.2, -0.15) is 0 Å². The van der Waals surface area contributed by atoms with Crippen molar-refractivity contribution in [1.29, 1.82) is 0 Å². The van der Waals surface area contributed by atoms with E-state index in [0.717, 1.165) is 17.2 Å². The van der Waals surface area contributed by atoms with Crippen molar-refractivity contribution in [3.05, 3.63) is 28.5 Å². The number of hydrogen-bond donors (Lipinski definition) is 2. The van der Waals surface area contributed by atoms with E-state index in [1.807, 2.05) is 14.0 Å². The average Bonchev–Trinajstić information content (AvgIpc) is 3.06. The summed E-state index contributed by atoms with van der Waals surface area (Å²) >= 11 is 1.44. The summed E-state index contributed by atoms with van der Waals surface area (Å²) in [5, 5.41) is 12.5. The highest BCUT2D eigenvalue weighted by Crippen LogP contribution is 2.18. The van der Waals surface area contributed by atoms with Crippen molar-refractivity contribution in [3.8, 4) is 0 Å². The Morgan fingerprint density at radius 2 is 2.24 bits per heavy atom. The van der Waals surface area contributed by atoms with Gasteiger partial charge in [0.1, 0.15) is 12.2 Å². The monoisotopic (exact) mass is 329 g/mol. The molecule has 9 heteroatoms. The molecule has 2 aromatic rings. The molecule has 116 valence electrons. The molecule has 0 saturated carbocycles. The molecule has 0 spiro atoms. The molecule has 2 aromatic heterocycles. The van der Waals surface area contributed by atoms with Gasteiger partial charge in [0.15, 0.2) is 0 Å². The lowest BCUT2D eigenvalue weighted by atomic mass is 10.4. The molecule has 0 aromatic carbocycles. The number of nitrogens with one attached hydrogen (secondary N) is 2. The largest absolute Gasteiger partial charge is 0.321 e.